The SMILES string of the molecule is C[C@@H]1CC[C@@H](C(C)(C)c2ccccc2)[C@H](OC(=O)/C=C/C23CCCCC2(/C=C/C(=O)O[C@@H]2C[C@H](C)CC[C@H]2C(C)(C)c2ccccc2)O3)C1. The number of fused-ring (bicyclic) bond motifs is 1. The average molecular weight is 667 g/mol. The molecule has 4 aliphatic rings. The lowest BCUT2D eigenvalue weighted by molar-refractivity contribution is -0.151. The predicted molar refractivity (Wildman–Crippen MR) is 195 cm³/mol. The minimum absolute atomic E-state index is 0.112. The van der Waals surface area contributed by atoms with Crippen molar-refractivity contribution in [2.45, 2.75) is 140 Å². The Hall–Kier alpha value is -3.18. The van der Waals surface area contributed by atoms with Crippen LogP contribution in [0.5, 0.6) is 0 Å². The van der Waals surface area contributed by atoms with Crippen molar-refractivity contribution in [2.75, 3.05) is 0 Å². The molecule has 1 saturated heterocycles. The zero-order valence-corrected chi connectivity index (χ0v) is 30.7. The lowest BCUT2D eigenvalue weighted by Gasteiger charge is -2.43. The molecule has 49 heavy (non-hydrogen) atoms. The Bertz CT molecular complexity index is 1390. The van der Waals surface area contributed by atoms with Gasteiger partial charge in [0.15, 0.2) is 0 Å². The van der Waals surface area contributed by atoms with E-state index in [1.807, 2.05) is 24.3 Å². The summed E-state index contributed by atoms with van der Waals surface area (Å²) >= 11 is 0. The molecular weight excluding hydrogens is 608 g/mol. The highest BCUT2D eigenvalue weighted by molar-refractivity contribution is 5.83. The van der Waals surface area contributed by atoms with Crippen LogP contribution in [0.4, 0.5) is 0 Å². The van der Waals surface area contributed by atoms with Gasteiger partial charge < -0.3 is 14.2 Å². The Morgan fingerprint density at radius 1 is 0.653 bits per heavy atom. The van der Waals surface area contributed by atoms with Crippen LogP contribution in [0.3, 0.4) is 0 Å². The minimum Gasteiger partial charge on any atom is -0.459 e. The molecular formula is C44H58O5. The van der Waals surface area contributed by atoms with Gasteiger partial charge in [-0.2, -0.15) is 0 Å². The van der Waals surface area contributed by atoms with Crippen molar-refractivity contribution in [3.63, 3.8) is 0 Å². The minimum atomic E-state index is -0.583. The molecule has 0 aromatic heterocycles. The molecule has 8 atom stereocenters. The van der Waals surface area contributed by atoms with Crippen LogP contribution in [0, 0.1) is 23.7 Å². The maximum Gasteiger partial charge on any atom is 0.330 e. The van der Waals surface area contributed by atoms with Crippen LogP contribution in [0.1, 0.15) is 117 Å². The Morgan fingerprint density at radius 2 is 1.04 bits per heavy atom. The first-order chi connectivity index (χ1) is 23.4. The zero-order chi connectivity index (χ0) is 34.9. The van der Waals surface area contributed by atoms with E-state index in [1.165, 1.54) is 11.1 Å². The van der Waals surface area contributed by atoms with E-state index in [0.29, 0.717) is 11.8 Å². The second-order valence-electron chi connectivity index (χ2n) is 16.9. The molecule has 0 N–H and O–H groups in total. The summed E-state index contributed by atoms with van der Waals surface area (Å²) in [6.07, 6.45) is 16.5. The molecule has 3 aliphatic carbocycles. The number of hydrogen-bond donors (Lipinski definition) is 0. The molecule has 0 radical (unpaired) electrons. The van der Waals surface area contributed by atoms with Gasteiger partial charge in [-0.15, -0.1) is 0 Å². The number of benzene rings is 2. The van der Waals surface area contributed by atoms with Gasteiger partial charge in [0.05, 0.1) is 0 Å². The fraction of sp³-hybridized carbons (Fsp3) is 0.591. The standard InChI is InChI=1S/C44H58O5/c1-31-19-21-35(41(3,4)33-15-9-7-10-16-33)37(29-31)47-39(45)23-27-43-25-13-14-26-44(43,49-43)28-24-40(46)48-38-30-32(2)20-22-36(38)42(5,6)34-17-11-8-12-18-34/h7-12,15-18,23-24,27-28,31-32,35-38H,13-14,19-22,25-26,29-30H2,1-6H3/b27-23+,28-24+/t31-,32-,35-,36-,37-,38-,43?,44?/m1/s1. The van der Waals surface area contributed by atoms with E-state index in [0.717, 1.165) is 64.2 Å². The van der Waals surface area contributed by atoms with E-state index in [2.05, 4.69) is 90.1 Å². The number of carbonyl (C=O) groups excluding carboxylic acids is 2. The van der Waals surface area contributed by atoms with Crippen molar-refractivity contribution in [3.8, 4) is 0 Å². The molecule has 5 nitrogen and oxygen atoms in total. The first-order valence-corrected chi connectivity index (χ1v) is 19.0. The Balaban J connectivity index is 1.11. The number of carbonyl (C=O) groups is 2. The Labute approximate surface area is 294 Å². The monoisotopic (exact) mass is 666 g/mol. The van der Waals surface area contributed by atoms with Crippen LogP contribution in [0.25, 0.3) is 0 Å². The van der Waals surface area contributed by atoms with Crippen LogP contribution in [-0.4, -0.2) is 35.3 Å². The number of ether oxygens (including phenoxy) is 3. The van der Waals surface area contributed by atoms with E-state index in [-0.39, 0.29) is 46.8 Å². The summed E-state index contributed by atoms with van der Waals surface area (Å²) in [5.74, 6) is 0.904. The van der Waals surface area contributed by atoms with Crippen LogP contribution >= 0.6 is 0 Å². The van der Waals surface area contributed by atoms with Crippen molar-refractivity contribution in [3.05, 3.63) is 96.1 Å². The van der Waals surface area contributed by atoms with E-state index >= 15 is 0 Å². The molecule has 3 saturated carbocycles. The normalized spacial score (nSPS) is 33.6. The van der Waals surface area contributed by atoms with Crippen molar-refractivity contribution in [1.29, 1.82) is 0 Å². The van der Waals surface area contributed by atoms with E-state index < -0.39 is 11.2 Å². The summed E-state index contributed by atoms with van der Waals surface area (Å²) in [6.45, 7) is 13.6. The third kappa shape index (κ3) is 7.48. The highest BCUT2D eigenvalue weighted by atomic mass is 16.6. The van der Waals surface area contributed by atoms with E-state index in [1.54, 1.807) is 12.2 Å². The summed E-state index contributed by atoms with van der Waals surface area (Å²) < 4.78 is 19.0. The van der Waals surface area contributed by atoms with Crippen molar-refractivity contribution in [1.82, 2.24) is 0 Å². The molecule has 5 heteroatoms. The summed E-state index contributed by atoms with van der Waals surface area (Å²) in [5, 5.41) is 0. The molecule has 6 rings (SSSR count). The molecule has 1 heterocycles. The van der Waals surface area contributed by atoms with Crippen LogP contribution < -0.4 is 0 Å². The molecule has 0 spiro atoms. The van der Waals surface area contributed by atoms with E-state index in [4.69, 9.17) is 14.2 Å². The molecule has 4 fully saturated rings. The van der Waals surface area contributed by atoms with Crippen LogP contribution in [0.2, 0.25) is 0 Å². The quantitative estimate of drug-likeness (QED) is 0.144. The van der Waals surface area contributed by atoms with Crippen molar-refractivity contribution in [2.24, 2.45) is 23.7 Å². The smallest absolute Gasteiger partial charge is 0.330 e. The molecule has 2 aromatic rings. The van der Waals surface area contributed by atoms with Gasteiger partial charge in [0.25, 0.3) is 0 Å². The first kappa shape index (κ1) is 35.6. The summed E-state index contributed by atoms with van der Waals surface area (Å²) in [6, 6.07) is 21.2. The number of epoxide rings is 1. The lowest BCUT2D eigenvalue weighted by Crippen LogP contribution is -2.43. The lowest BCUT2D eigenvalue weighted by atomic mass is 9.64. The number of esters is 2. The average Bonchev–Trinajstić information content (AvgIpc) is 3.77. The van der Waals surface area contributed by atoms with Gasteiger partial charge in [0, 0.05) is 24.0 Å². The largest absolute Gasteiger partial charge is 0.459 e. The van der Waals surface area contributed by atoms with Gasteiger partial charge >= 0.3 is 11.9 Å². The third-order valence-electron chi connectivity index (χ3n) is 12.9. The molecule has 264 valence electrons. The maximum atomic E-state index is 13.4. The molecule has 2 aromatic carbocycles. The zero-order valence-electron chi connectivity index (χ0n) is 30.7. The molecule has 2 unspecified atom stereocenters. The van der Waals surface area contributed by atoms with Crippen LogP contribution in [-0.2, 0) is 34.6 Å². The van der Waals surface area contributed by atoms with Crippen molar-refractivity contribution < 1.29 is 23.8 Å². The number of hydrogen-bond acceptors (Lipinski definition) is 5. The second-order valence-corrected chi connectivity index (χ2v) is 16.9. The topological polar surface area (TPSA) is 65.1 Å². The fourth-order valence-corrected chi connectivity index (χ4v) is 9.63. The van der Waals surface area contributed by atoms with Gasteiger partial charge in [-0.25, -0.2) is 9.59 Å². The van der Waals surface area contributed by atoms with Gasteiger partial charge in [-0.05, 0) is 97.3 Å². The summed E-state index contributed by atoms with van der Waals surface area (Å²) in [4.78, 5) is 26.8. The molecule has 1 aliphatic heterocycles. The van der Waals surface area contributed by atoms with Gasteiger partial charge in [-0.3, -0.25) is 0 Å². The summed E-state index contributed by atoms with van der Waals surface area (Å²) in [7, 11) is 0. The maximum absolute atomic E-state index is 13.4. The van der Waals surface area contributed by atoms with Gasteiger partial charge in [0.1, 0.15) is 23.4 Å². The third-order valence-corrected chi connectivity index (χ3v) is 12.9. The predicted octanol–water partition coefficient (Wildman–Crippen LogP) is 9.83. The fourth-order valence-electron chi connectivity index (χ4n) is 9.63. The Kier molecular flexibility index (Phi) is 10.3. The van der Waals surface area contributed by atoms with Crippen LogP contribution in [0.15, 0.2) is 85.0 Å². The Morgan fingerprint density at radius 3 is 1.43 bits per heavy atom. The van der Waals surface area contributed by atoms with Crippen molar-refractivity contribution >= 4 is 11.9 Å². The summed E-state index contributed by atoms with van der Waals surface area (Å²) in [5.41, 5.74) is 1.17. The highest BCUT2D eigenvalue weighted by Gasteiger charge is 2.67. The second kappa shape index (κ2) is 14.2. The first-order valence-electron chi connectivity index (χ1n) is 19.0. The van der Waals surface area contributed by atoms with Gasteiger partial charge in [0.2, 0.25) is 0 Å². The van der Waals surface area contributed by atoms with Gasteiger partial charge in [-0.1, -0.05) is 115 Å². The molecule has 0 bridgehead atoms. The number of rotatable bonds is 10. The highest BCUT2D eigenvalue weighted by Crippen LogP contribution is 2.59. The van der Waals surface area contributed by atoms with E-state index in [9.17, 15) is 9.59 Å². The molecule has 0 amide bonds.